The van der Waals surface area contributed by atoms with Gasteiger partial charge in [-0.1, -0.05) is 18.6 Å². The molecule has 130 valence electrons. The summed E-state index contributed by atoms with van der Waals surface area (Å²) in [6.45, 7) is 5.69. The van der Waals surface area contributed by atoms with Gasteiger partial charge in [0, 0.05) is 23.9 Å². The Morgan fingerprint density at radius 3 is 2.88 bits per heavy atom. The minimum Gasteiger partial charge on any atom is -0.393 e. The van der Waals surface area contributed by atoms with Crippen molar-refractivity contribution in [1.29, 1.82) is 0 Å². The van der Waals surface area contributed by atoms with E-state index in [0.717, 1.165) is 37.6 Å². The molecule has 4 fully saturated rings. The lowest BCUT2D eigenvalue weighted by Gasteiger charge is -2.58. The fourth-order valence-electron chi connectivity index (χ4n) is 7.73. The number of aliphatic hydroxyl groups is 1. The van der Waals surface area contributed by atoms with Gasteiger partial charge in [-0.25, -0.2) is 0 Å². The van der Waals surface area contributed by atoms with Crippen molar-refractivity contribution in [3.63, 3.8) is 0 Å². The number of ketones is 1. The fourth-order valence-corrected chi connectivity index (χ4v) is 7.73. The number of carbonyl (C=O) groups is 1. The molecule has 3 nitrogen and oxygen atoms in total. The molecule has 3 heteroatoms. The molecule has 1 aliphatic heterocycles. The molecule has 0 bridgehead atoms. The van der Waals surface area contributed by atoms with Crippen molar-refractivity contribution in [2.24, 2.45) is 34.5 Å². The number of carbonyl (C=O) groups excluding carboxylic acids is 1. The van der Waals surface area contributed by atoms with Gasteiger partial charge in [-0.2, -0.15) is 0 Å². The van der Waals surface area contributed by atoms with Crippen molar-refractivity contribution >= 4 is 5.78 Å². The molecule has 0 radical (unpaired) electrons. The van der Waals surface area contributed by atoms with E-state index in [-0.39, 0.29) is 23.2 Å². The highest BCUT2D eigenvalue weighted by molar-refractivity contribution is 6.01. The van der Waals surface area contributed by atoms with Gasteiger partial charge in [0.2, 0.25) is 0 Å². The van der Waals surface area contributed by atoms with Crippen LogP contribution in [0.1, 0.15) is 46.0 Å². The standard InChI is InChI=1S/C21H29NO2/c1-12-16-5-6-17-15-4-3-13-9-14(23)7-8-20(13,2)19(15)18(24)10-21(16,17)11-22-12/h7-9,12,15-19,22,24H,3-6,10-11H2,1-2H3/t12-,15-,16+,17-,18+,19+,20-,21-/m0/s1. The maximum absolute atomic E-state index is 11.8. The smallest absolute Gasteiger partial charge is 0.178 e. The van der Waals surface area contributed by atoms with Crippen LogP contribution in [0.25, 0.3) is 0 Å². The number of rotatable bonds is 0. The molecule has 0 aromatic rings. The van der Waals surface area contributed by atoms with Crippen LogP contribution < -0.4 is 5.32 Å². The lowest BCUT2D eigenvalue weighted by molar-refractivity contribution is -0.116. The fraction of sp³-hybridized carbons (Fsp3) is 0.762. The summed E-state index contributed by atoms with van der Waals surface area (Å²) in [5.41, 5.74) is 1.47. The first kappa shape index (κ1) is 15.3. The van der Waals surface area contributed by atoms with E-state index in [1.807, 2.05) is 6.08 Å². The van der Waals surface area contributed by atoms with E-state index < -0.39 is 0 Å². The summed E-state index contributed by atoms with van der Waals surface area (Å²) in [4.78, 5) is 11.8. The summed E-state index contributed by atoms with van der Waals surface area (Å²) >= 11 is 0. The van der Waals surface area contributed by atoms with Crippen LogP contribution >= 0.6 is 0 Å². The molecule has 24 heavy (non-hydrogen) atoms. The number of nitrogens with one attached hydrogen (secondary N) is 1. The summed E-state index contributed by atoms with van der Waals surface area (Å²) in [7, 11) is 0. The minimum atomic E-state index is -0.245. The van der Waals surface area contributed by atoms with Gasteiger partial charge in [0.15, 0.2) is 5.78 Å². The highest BCUT2D eigenvalue weighted by Gasteiger charge is 2.65. The van der Waals surface area contributed by atoms with E-state index >= 15 is 0 Å². The number of aliphatic hydroxyl groups excluding tert-OH is 1. The molecular weight excluding hydrogens is 298 g/mol. The molecule has 0 aromatic carbocycles. The normalized spacial score (nSPS) is 55.5. The van der Waals surface area contributed by atoms with Crippen molar-refractivity contribution in [1.82, 2.24) is 5.32 Å². The van der Waals surface area contributed by atoms with Crippen LogP contribution in [0, 0.1) is 34.5 Å². The minimum absolute atomic E-state index is 0.117. The molecule has 2 N–H and O–H groups in total. The second-order valence-corrected chi connectivity index (χ2v) is 9.38. The molecule has 0 aromatic heterocycles. The molecule has 0 unspecified atom stereocenters. The lowest BCUT2D eigenvalue weighted by atomic mass is 9.46. The Morgan fingerprint density at radius 2 is 2.04 bits per heavy atom. The molecule has 5 rings (SSSR count). The summed E-state index contributed by atoms with van der Waals surface area (Å²) in [6.07, 6.45) is 11.2. The molecule has 1 heterocycles. The van der Waals surface area contributed by atoms with Gasteiger partial charge in [-0.05, 0) is 74.3 Å². The second kappa shape index (κ2) is 4.82. The van der Waals surface area contributed by atoms with Crippen LogP contribution in [-0.4, -0.2) is 29.6 Å². The van der Waals surface area contributed by atoms with Crippen molar-refractivity contribution in [3.8, 4) is 0 Å². The Bertz CT molecular complexity index is 652. The summed E-state index contributed by atoms with van der Waals surface area (Å²) in [5, 5.41) is 15.0. The average Bonchev–Trinajstić information content (AvgIpc) is 3.05. The lowest BCUT2D eigenvalue weighted by Crippen LogP contribution is -2.57. The maximum Gasteiger partial charge on any atom is 0.178 e. The van der Waals surface area contributed by atoms with E-state index in [1.165, 1.54) is 18.4 Å². The SMILES string of the molecule is C[C@@H]1NC[C@]23C[C@@H](O)[C@H]4[C@@H](CCC5=CC(=O)C=C[C@@]54C)[C@@H]2CC[C@H]13. The highest BCUT2D eigenvalue weighted by atomic mass is 16.3. The Kier molecular flexibility index (Phi) is 3.08. The van der Waals surface area contributed by atoms with Gasteiger partial charge >= 0.3 is 0 Å². The molecule has 1 spiro atoms. The van der Waals surface area contributed by atoms with Crippen molar-refractivity contribution < 1.29 is 9.90 Å². The third kappa shape index (κ3) is 1.73. The predicted molar refractivity (Wildman–Crippen MR) is 93.3 cm³/mol. The van der Waals surface area contributed by atoms with Crippen LogP contribution in [0.15, 0.2) is 23.8 Å². The predicted octanol–water partition coefficient (Wildman–Crippen LogP) is 2.85. The molecule has 3 saturated carbocycles. The topological polar surface area (TPSA) is 49.3 Å². The Labute approximate surface area is 144 Å². The van der Waals surface area contributed by atoms with Crippen LogP contribution in [0.5, 0.6) is 0 Å². The zero-order valence-electron chi connectivity index (χ0n) is 14.8. The van der Waals surface area contributed by atoms with Gasteiger partial charge in [-0.3, -0.25) is 4.79 Å². The third-order valence-electron chi connectivity index (χ3n) is 8.65. The van der Waals surface area contributed by atoms with E-state index in [0.29, 0.717) is 17.4 Å². The molecule has 0 amide bonds. The zero-order chi connectivity index (χ0) is 16.7. The molecule has 1 saturated heterocycles. The first-order chi connectivity index (χ1) is 11.5. The van der Waals surface area contributed by atoms with Crippen molar-refractivity contribution in [2.45, 2.75) is 58.1 Å². The Morgan fingerprint density at radius 1 is 1.25 bits per heavy atom. The molecule has 5 aliphatic rings. The summed E-state index contributed by atoms with van der Waals surface area (Å²) < 4.78 is 0. The quantitative estimate of drug-likeness (QED) is 0.719. The van der Waals surface area contributed by atoms with Crippen molar-refractivity contribution in [3.05, 3.63) is 23.8 Å². The molecule has 4 aliphatic carbocycles. The zero-order valence-corrected chi connectivity index (χ0v) is 14.8. The van der Waals surface area contributed by atoms with Gasteiger partial charge in [0.1, 0.15) is 0 Å². The number of hydrogen-bond acceptors (Lipinski definition) is 3. The van der Waals surface area contributed by atoms with Crippen molar-refractivity contribution in [2.75, 3.05) is 6.54 Å². The van der Waals surface area contributed by atoms with E-state index in [4.69, 9.17) is 0 Å². The largest absolute Gasteiger partial charge is 0.393 e. The summed E-state index contributed by atoms with van der Waals surface area (Å²) in [6, 6.07) is 0.598. The third-order valence-corrected chi connectivity index (χ3v) is 8.65. The van der Waals surface area contributed by atoms with Gasteiger partial charge in [0.25, 0.3) is 0 Å². The average molecular weight is 327 g/mol. The Balaban J connectivity index is 1.56. The van der Waals surface area contributed by atoms with Crippen LogP contribution in [-0.2, 0) is 4.79 Å². The molecular formula is C21H29NO2. The van der Waals surface area contributed by atoms with E-state index in [9.17, 15) is 9.90 Å². The molecule has 8 atom stereocenters. The van der Waals surface area contributed by atoms with E-state index in [2.05, 4.69) is 25.2 Å². The first-order valence-corrected chi connectivity index (χ1v) is 9.81. The number of hydrogen-bond donors (Lipinski definition) is 2. The van der Waals surface area contributed by atoms with Gasteiger partial charge in [-0.15, -0.1) is 0 Å². The van der Waals surface area contributed by atoms with Crippen LogP contribution in [0.4, 0.5) is 0 Å². The number of allylic oxidation sites excluding steroid dienone is 4. The van der Waals surface area contributed by atoms with Crippen LogP contribution in [0.2, 0.25) is 0 Å². The van der Waals surface area contributed by atoms with Gasteiger partial charge in [0.05, 0.1) is 6.10 Å². The van der Waals surface area contributed by atoms with Crippen LogP contribution in [0.3, 0.4) is 0 Å². The highest BCUT2D eigenvalue weighted by Crippen LogP contribution is 2.67. The number of fused-ring (bicyclic) bond motifs is 4. The Hall–Kier alpha value is -0.930. The monoisotopic (exact) mass is 327 g/mol. The maximum atomic E-state index is 11.8. The summed E-state index contributed by atoms with van der Waals surface area (Å²) in [5.74, 6) is 2.50. The first-order valence-electron chi connectivity index (χ1n) is 9.81. The second-order valence-electron chi connectivity index (χ2n) is 9.38. The van der Waals surface area contributed by atoms with E-state index in [1.54, 1.807) is 6.08 Å². The van der Waals surface area contributed by atoms with Gasteiger partial charge < -0.3 is 10.4 Å².